The predicted octanol–water partition coefficient (Wildman–Crippen LogP) is 5.13. The van der Waals surface area contributed by atoms with E-state index in [0.29, 0.717) is 0 Å². The average Bonchev–Trinajstić information content (AvgIpc) is 2.36. The molecule has 0 spiro atoms. The van der Waals surface area contributed by atoms with Crippen molar-refractivity contribution in [1.82, 2.24) is 4.98 Å². The zero-order chi connectivity index (χ0) is 14.2. The number of aromatic nitrogens is 1. The molecule has 0 atom stereocenters. The number of nitrogens with zero attached hydrogens (tertiary/aromatic N) is 1. The highest BCUT2D eigenvalue weighted by Crippen LogP contribution is 2.29. The van der Waals surface area contributed by atoms with Crippen LogP contribution in [0.3, 0.4) is 0 Å². The molecule has 0 aliphatic rings. The first-order chi connectivity index (χ1) is 8.90. The van der Waals surface area contributed by atoms with Gasteiger partial charge in [-0.25, -0.2) is 4.98 Å². The summed E-state index contributed by atoms with van der Waals surface area (Å²) in [5.74, 6) is 0.886. The van der Waals surface area contributed by atoms with E-state index in [4.69, 9.17) is 0 Å². The van der Waals surface area contributed by atoms with Crippen LogP contribution in [-0.2, 0) is 0 Å². The Morgan fingerprint density at radius 2 is 1.47 bits per heavy atom. The summed E-state index contributed by atoms with van der Waals surface area (Å²) in [6.45, 7) is 10.7. The van der Waals surface area contributed by atoms with Crippen molar-refractivity contribution in [2.24, 2.45) is 0 Å². The normalized spacial score (nSPS) is 10.6. The summed E-state index contributed by atoms with van der Waals surface area (Å²) in [5.41, 5.74) is 7.53. The summed E-state index contributed by atoms with van der Waals surface area (Å²) in [6.07, 6.45) is 1.84. The lowest BCUT2D eigenvalue weighted by Gasteiger charge is -2.17. The Labute approximate surface area is 123 Å². The van der Waals surface area contributed by atoms with E-state index in [9.17, 15) is 0 Å². The number of hydrogen-bond acceptors (Lipinski definition) is 2. The summed E-state index contributed by atoms with van der Waals surface area (Å²) in [5, 5.41) is 3.46. The van der Waals surface area contributed by atoms with Crippen LogP contribution >= 0.6 is 15.9 Å². The molecule has 0 bridgehead atoms. The highest BCUT2D eigenvalue weighted by molar-refractivity contribution is 9.10. The Morgan fingerprint density at radius 3 is 2.00 bits per heavy atom. The third kappa shape index (κ3) is 2.81. The molecule has 100 valence electrons. The molecule has 1 N–H and O–H groups in total. The number of benzene rings is 1. The molecule has 0 fully saturated rings. The number of nitrogens with one attached hydrogen (secondary N) is 1. The molecule has 0 aliphatic heterocycles. The van der Waals surface area contributed by atoms with Gasteiger partial charge in [0.1, 0.15) is 5.82 Å². The second kappa shape index (κ2) is 5.33. The second-order valence-corrected chi connectivity index (χ2v) is 5.93. The molecule has 0 aliphatic carbocycles. The second-order valence-electron chi connectivity index (χ2n) is 5.08. The molecule has 2 aromatic rings. The Kier molecular flexibility index (Phi) is 3.95. The molecule has 0 radical (unpaired) electrons. The van der Waals surface area contributed by atoms with Crippen LogP contribution in [0.2, 0.25) is 0 Å². The fourth-order valence-corrected chi connectivity index (χ4v) is 2.36. The standard InChI is InChI=1S/C16H19BrN2/c1-9-6-10(2)13(5)16(12(9)4)19-15-7-11(3)14(17)8-18-15/h6-8H,1-5H3,(H,18,19). The Balaban J connectivity index is 2.46. The highest BCUT2D eigenvalue weighted by Gasteiger charge is 2.09. The first-order valence-electron chi connectivity index (χ1n) is 6.36. The number of anilines is 2. The molecule has 19 heavy (non-hydrogen) atoms. The van der Waals surface area contributed by atoms with Crippen molar-refractivity contribution in [3.8, 4) is 0 Å². The zero-order valence-corrected chi connectivity index (χ0v) is 13.6. The summed E-state index contributed by atoms with van der Waals surface area (Å²) in [7, 11) is 0. The summed E-state index contributed by atoms with van der Waals surface area (Å²) >= 11 is 3.48. The van der Waals surface area contributed by atoms with E-state index < -0.39 is 0 Å². The molecule has 1 aromatic carbocycles. The smallest absolute Gasteiger partial charge is 0.130 e. The van der Waals surface area contributed by atoms with Crippen molar-refractivity contribution >= 4 is 27.4 Å². The van der Waals surface area contributed by atoms with Gasteiger partial charge in [-0.15, -0.1) is 0 Å². The van der Waals surface area contributed by atoms with Gasteiger partial charge in [0, 0.05) is 16.4 Å². The van der Waals surface area contributed by atoms with E-state index in [2.05, 4.69) is 73.0 Å². The monoisotopic (exact) mass is 318 g/mol. The van der Waals surface area contributed by atoms with Crippen LogP contribution < -0.4 is 5.32 Å². The number of aryl methyl sites for hydroxylation is 3. The quantitative estimate of drug-likeness (QED) is 0.830. The van der Waals surface area contributed by atoms with Crippen molar-refractivity contribution < 1.29 is 0 Å². The van der Waals surface area contributed by atoms with Crippen molar-refractivity contribution in [1.29, 1.82) is 0 Å². The van der Waals surface area contributed by atoms with E-state index >= 15 is 0 Å². The fourth-order valence-electron chi connectivity index (χ4n) is 2.14. The number of pyridine rings is 1. The van der Waals surface area contributed by atoms with Crippen LogP contribution in [0.25, 0.3) is 0 Å². The van der Waals surface area contributed by atoms with E-state index in [1.807, 2.05) is 6.20 Å². The molecule has 0 saturated carbocycles. The van der Waals surface area contributed by atoms with Gasteiger partial charge in [-0.2, -0.15) is 0 Å². The maximum atomic E-state index is 4.42. The molecule has 2 rings (SSSR count). The minimum atomic E-state index is 0.886. The Bertz CT molecular complexity index is 607. The minimum Gasteiger partial charge on any atom is -0.340 e. The molecule has 0 amide bonds. The van der Waals surface area contributed by atoms with Gasteiger partial charge in [0.25, 0.3) is 0 Å². The molecule has 0 saturated heterocycles. The SMILES string of the molecule is Cc1cc(Nc2c(C)c(C)cc(C)c2C)ncc1Br. The van der Waals surface area contributed by atoms with Gasteiger partial charge < -0.3 is 5.32 Å². The van der Waals surface area contributed by atoms with Crippen LogP contribution in [-0.4, -0.2) is 4.98 Å². The van der Waals surface area contributed by atoms with Crippen molar-refractivity contribution in [2.75, 3.05) is 5.32 Å². The van der Waals surface area contributed by atoms with Crippen LogP contribution in [0.4, 0.5) is 11.5 Å². The van der Waals surface area contributed by atoms with Gasteiger partial charge in [0.2, 0.25) is 0 Å². The zero-order valence-electron chi connectivity index (χ0n) is 12.1. The van der Waals surface area contributed by atoms with Gasteiger partial charge in [0.05, 0.1) is 0 Å². The van der Waals surface area contributed by atoms with E-state index in [0.717, 1.165) is 10.3 Å². The van der Waals surface area contributed by atoms with Crippen molar-refractivity contribution in [2.45, 2.75) is 34.6 Å². The number of rotatable bonds is 2. The van der Waals surface area contributed by atoms with Gasteiger partial charge >= 0.3 is 0 Å². The van der Waals surface area contributed by atoms with Crippen LogP contribution in [0, 0.1) is 34.6 Å². The van der Waals surface area contributed by atoms with Crippen LogP contribution in [0.1, 0.15) is 27.8 Å². The molecule has 1 heterocycles. The van der Waals surface area contributed by atoms with E-state index in [-0.39, 0.29) is 0 Å². The number of halogens is 1. The third-order valence-corrected chi connectivity index (χ3v) is 4.50. The highest BCUT2D eigenvalue weighted by atomic mass is 79.9. The molecule has 3 heteroatoms. The van der Waals surface area contributed by atoms with Gasteiger partial charge in [-0.05, 0) is 84.4 Å². The molecule has 0 unspecified atom stereocenters. The van der Waals surface area contributed by atoms with Crippen LogP contribution in [0.5, 0.6) is 0 Å². The van der Waals surface area contributed by atoms with Gasteiger partial charge in [-0.3, -0.25) is 0 Å². The topological polar surface area (TPSA) is 24.9 Å². The van der Waals surface area contributed by atoms with Gasteiger partial charge in [-0.1, -0.05) is 6.07 Å². The summed E-state index contributed by atoms with van der Waals surface area (Å²) in [6, 6.07) is 4.29. The predicted molar refractivity (Wildman–Crippen MR) is 85.3 cm³/mol. The molecular formula is C16H19BrN2. The first-order valence-corrected chi connectivity index (χ1v) is 7.16. The molecular weight excluding hydrogens is 300 g/mol. The Hall–Kier alpha value is -1.35. The molecule has 1 aromatic heterocycles. The lowest BCUT2D eigenvalue weighted by atomic mass is 9.98. The van der Waals surface area contributed by atoms with Gasteiger partial charge in [0.15, 0.2) is 0 Å². The Morgan fingerprint density at radius 1 is 0.895 bits per heavy atom. The fraction of sp³-hybridized carbons (Fsp3) is 0.312. The number of hydrogen-bond donors (Lipinski definition) is 1. The van der Waals surface area contributed by atoms with Crippen molar-refractivity contribution in [3.63, 3.8) is 0 Å². The summed E-state index contributed by atoms with van der Waals surface area (Å²) < 4.78 is 1.03. The lowest BCUT2D eigenvalue weighted by Crippen LogP contribution is -2.02. The minimum absolute atomic E-state index is 0.886. The summed E-state index contributed by atoms with van der Waals surface area (Å²) in [4.78, 5) is 4.42. The maximum Gasteiger partial charge on any atom is 0.130 e. The van der Waals surface area contributed by atoms with E-state index in [1.165, 1.54) is 33.5 Å². The van der Waals surface area contributed by atoms with Crippen molar-refractivity contribution in [3.05, 3.63) is 50.6 Å². The largest absolute Gasteiger partial charge is 0.340 e. The first kappa shape index (κ1) is 14.1. The maximum absolute atomic E-state index is 4.42. The average molecular weight is 319 g/mol. The molecule has 2 nitrogen and oxygen atoms in total. The van der Waals surface area contributed by atoms with E-state index in [1.54, 1.807) is 0 Å². The third-order valence-electron chi connectivity index (χ3n) is 3.67. The lowest BCUT2D eigenvalue weighted by molar-refractivity contribution is 1.20. The van der Waals surface area contributed by atoms with Crippen LogP contribution in [0.15, 0.2) is 22.8 Å².